The van der Waals surface area contributed by atoms with Gasteiger partial charge in [-0.15, -0.1) is 0 Å². The molecule has 2 atom stereocenters. The fourth-order valence-corrected chi connectivity index (χ4v) is 4.60. The van der Waals surface area contributed by atoms with Gasteiger partial charge in [0.25, 0.3) is 0 Å². The Hall–Kier alpha value is -2.12. The van der Waals surface area contributed by atoms with Gasteiger partial charge in [0.05, 0.1) is 12.7 Å². The average Bonchev–Trinajstić information content (AvgIpc) is 3.18. The smallest absolute Gasteiger partial charge is 0.119 e. The van der Waals surface area contributed by atoms with Crippen LogP contribution in [0.2, 0.25) is 0 Å². The second-order valence-corrected chi connectivity index (χ2v) is 8.38. The Bertz CT molecular complexity index is 778. The maximum Gasteiger partial charge on any atom is 0.119 e. The third-order valence-electron chi connectivity index (χ3n) is 6.27. The fraction of sp³-hybridized carbons (Fsp3) is 0.520. The van der Waals surface area contributed by atoms with Gasteiger partial charge >= 0.3 is 0 Å². The van der Waals surface area contributed by atoms with Gasteiger partial charge in [-0.2, -0.15) is 0 Å². The minimum Gasteiger partial charge on any atom is -0.491 e. The van der Waals surface area contributed by atoms with E-state index < -0.39 is 0 Å². The Morgan fingerprint density at radius 2 is 1.65 bits per heavy atom. The van der Waals surface area contributed by atoms with Crippen LogP contribution in [-0.4, -0.2) is 86.1 Å². The molecule has 0 bridgehead atoms. The van der Waals surface area contributed by atoms with Crippen LogP contribution in [-0.2, 0) is 11.3 Å². The summed E-state index contributed by atoms with van der Waals surface area (Å²) in [6.45, 7) is 10.4. The number of likely N-dealkylation sites (tertiary alicyclic amines) is 1. The zero-order valence-electron chi connectivity index (χ0n) is 18.5. The molecule has 2 aliphatic heterocycles. The lowest BCUT2D eigenvalue weighted by atomic mass is 10.1. The Morgan fingerprint density at radius 1 is 0.903 bits per heavy atom. The molecule has 1 N–H and O–H groups in total. The molecule has 2 aliphatic rings. The number of hydrogen-bond donors (Lipinski definition) is 1. The predicted octanol–water partition coefficient (Wildman–Crippen LogP) is 2.47. The lowest BCUT2D eigenvalue weighted by Gasteiger charge is -2.39. The number of hydrogen-bond acceptors (Lipinski definition) is 6. The van der Waals surface area contributed by atoms with E-state index in [1.54, 1.807) is 0 Å². The Morgan fingerprint density at radius 3 is 2.35 bits per heavy atom. The highest BCUT2D eigenvalue weighted by molar-refractivity contribution is 5.46. The molecule has 0 radical (unpaired) electrons. The maximum atomic E-state index is 10.7. The first-order valence-electron chi connectivity index (χ1n) is 11.5. The fourth-order valence-electron chi connectivity index (χ4n) is 4.60. The van der Waals surface area contributed by atoms with Crippen molar-refractivity contribution in [3.05, 3.63) is 60.2 Å². The molecular formula is C25H35N3O3. The molecule has 168 valence electrons. The zero-order chi connectivity index (χ0) is 21.5. The number of para-hydroxylation sites is 1. The first kappa shape index (κ1) is 22.1. The number of piperazine rings is 1. The van der Waals surface area contributed by atoms with Crippen molar-refractivity contribution in [3.8, 4) is 5.75 Å². The van der Waals surface area contributed by atoms with Gasteiger partial charge in [-0.3, -0.25) is 9.80 Å². The van der Waals surface area contributed by atoms with Crippen molar-refractivity contribution in [2.75, 3.05) is 64.0 Å². The molecule has 6 heteroatoms. The van der Waals surface area contributed by atoms with Gasteiger partial charge in [0.15, 0.2) is 0 Å². The highest BCUT2D eigenvalue weighted by Crippen LogP contribution is 2.23. The lowest BCUT2D eigenvalue weighted by Crippen LogP contribution is -2.53. The quantitative estimate of drug-likeness (QED) is 0.623. The Labute approximate surface area is 186 Å². The van der Waals surface area contributed by atoms with Crippen LogP contribution in [0.4, 0.5) is 5.69 Å². The van der Waals surface area contributed by atoms with E-state index in [-0.39, 0.29) is 12.1 Å². The van der Waals surface area contributed by atoms with Gasteiger partial charge in [-0.05, 0) is 36.8 Å². The second-order valence-electron chi connectivity index (χ2n) is 8.38. The van der Waals surface area contributed by atoms with E-state index in [0.717, 1.165) is 51.6 Å². The normalized spacial score (nSPS) is 22.7. The standard InChI is InChI=1S/C25H35N3O3/c1-2-30-16-17-31-23-10-8-21(9-11-23)18-26-19-24(25(29)20-26)28-14-12-27(13-15-28)22-6-4-3-5-7-22/h3-11,24-25,29H,2,12-20H2,1H3/t24-,25-/m0/s1. The number of rotatable bonds is 9. The molecular weight excluding hydrogens is 390 g/mol. The molecule has 2 heterocycles. The van der Waals surface area contributed by atoms with Gasteiger partial charge in [0, 0.05) is 64.1 Å². The van der Waals surface area contributed by atoms with E-state index in [9.17, 15) is 5.11 Å². The average molecular weight is 426 g/mol. The van der Waals surface area contributed by atoms with Crippen LogP contribution in [0.1, 0.15) is 12.5 Å². The maximum absolute atomic E-state index is 10.7. The van der Waals surface area contributed by atoms with Crippen LogP contribution < -0.4 is 9.64 Å². The molecule has 0 amide bonds. The highest BCUT2D eigenvalue weighted by atomic mass is 16.5. The molecule has 2 aromatic rings. The SMILES string of the molecule is CCOCCOc1ccc(CN2C[C@H](O)[C@@H](N3CCN(c4ccccc4)CC3)C2)cc1. The zero-order valence-corrected chi connectivity index (χ0v) is 18.5. The van der Waals surface area contributed by atoms with Crippen molar-refractivity contribution in [2.45, 2.75) is 25.6 Å². The molecule has 2 fully saturated rings. The minimum absolute atomic E-state index is 0.221. The number of benzene rings is 2. The summed E-state index contributed by atoms with van der Waals surface area (Å²) < 4.78 is 11.0. The summed E-state index contributed by atoms with van der Waals surface area (Å²) >= 11 is 0. The largest absolute Gasteiger partial charge is 0.491 e. The van der Waals surface area contributed by atoms with E-state index in [1.807, 2.05) is 19.1 Å². The molecule has 0 aliphatic carbocycles. The van der Waals surface area contributed by atoms with Crippen LogP contribution >= 0.6 is 0 Å². The third-order valence-corrected chi connectivity index (χ3v) is 6.27. The Balaban J connectivity index is 1.24. The highest BCUT2D eigenvalue weighted by Gasteiger charge is 2.36. The summed E-state index contributed by atoms with van der Waals surface area (Å²) in [5.41, 5.74) is 2.54. The summed E-state index contributed by atoms with van der Waals surface area (Å²) in [6, 6.07) is 19.1. The van der Waals surface area contributed by atoms with E-state index in [0.29, 0.717) is 19.8 Å². The van der Waals surface area contributed by atoms with E-state index in [1.165, 1.54) is 11.3 Å². The van der Waals surface area contributed by atoms with Crippen molar-refractivity contribution >= 4 is 5.69 Å². The van der Waals surface area contributed by atoms with E-state index >= 15 is 0 Å². The van der Waals surface area contributed by atoms with Crippen LogP contribution in [0.25, 0.3) is 0 Å². The lowest BCUT2D eigenvalue weighted by molar-refractivity contribution is 0.0791. The summed E-state index contributed by atoms with van der Waals surface area (Å²) in [5.74, 6) is 0.874. The molecule has 31 heavy (non-hydrogen) atoms. The van der Waals surface area contributed by atoms with E-state index in [4.69, 9.17) is 9.47 Å². The van der Waals surface area contributed by atoms with Crippen LogP contribution in [0, 0.1) is 0 Å². The summed E-state index contributed by atoms with van der Waals surface area (Å²) in [5, 5.41) is 10.7. The van der Waals surface area contributed by atoms with Gasteiger partial charge < -0.3 is 19.5 Å². The molecule has 0 unspecified atom stereocenters. The molecule has 0 saturated carbocycles. The second kappa shape index (κ2) is 11.0. The van der Waals surface area contributed by atoms with Gasteiger partial charge in [-0.25, -0.2) is 0 Å². The van der Waals surface area contributed by atoms with Gasteiger partial charge in [-0.1, -0.05) is 30.3 Å². The number of nitrogens with zero attached hydrogens (tertiary/aromatic N) is 3. The van der Waals surface area contributed by atoms with Gasteiger partial charge in [0.1, 0.15) is 12.4 Å². The van der Waals surface area contributed by atoms with Crippen molar-refractivity contribution in [1.29, 1.82) is 0 Å². The predicted molar refractivity (Wildman–Crippen MR) is 124 cm³/mol. The molecule has 0 spiro atoms. The Kier molecular flexibility index (Phi) is 7.81. The molecule has 2 saturated heterocycles. The number of anilines is 1. The van der Waals surface area contributed by atoms with Crippen molar-refractivity contribution in [2.24, 2.45) is 0 Å². The molecule has 4 rings (SSSR count). The van der Waals surface area contributed by atoms with Crippen LogP contribution in [0.3, 0.4) is 0 Å². The number of aliphatic hydroxyl groups is 1. The molecule has 2 aromatic carbocycles. The van der Waals surface area contributed by atoms with Gasteiger partial charge in [0.2, 0.25) is 0 Å². The number of aliphatic hydroxyl groups excluding tert-OH is 1. The summed E-state index contributed by atoms with van der Waals surface area (Å²) in [6.07, 6.45) is -0.288. The summed E-state index contributed by atoms with van der Waals surface area (Å²) in [4.78, 5) is 7.27. The topological polar surface area (TPSA) is 48.4 Å². The van der Waals surface area contributed by atoms with Crippen molar-refractivity contribution in [1.82, 2.24) is 9.80 Å². The van der Waals surface area contributed by atoms with Crippen LogP contribution in [0.15, 0.2) is 54.6 Å². The minimum atomic E-state index is -0.288. The molecule has 0 aromatic heterocycles. The number of β-amino-alcohol motifs (C(OH)–C–C–N with tert-alkyl or cyclic N) is 1. The van der Waals surface area contributed by atoms with Crippen molar-refractivity contribution < 1.29 is 14.6 Å². The first-order chi connectivity index (χ1) is 15.2. The van der Waals surface area contributed by atoms with Crippen molar-refractivity contribution in [3.63, 3.8) is 0 Å². The number of ether oxygens (including phenoxy) is 2. The molecule has 6 nitrogen and oxygen atoms in total. The third kappa shape index (κ3) is 5.98. The first-order valence-corrected chi connectivity index (χ1v) is 11.5. The van der Waals surface area contributed by atoms with Crippen LogP contribution in [0.5, 0.6) is 5.75 Å². The monoisotopic (exact) mass is 425 g/mol. The van der Waals surface area contributed by atoms with E-state index in [2.05, 4.69) is 57.2 Å². The summed E-state index contributed by atoms with van der Waals surface area (Å²) in [7, 11) is 0.